The predicted octanol–water partition coefficient (Wildman–Crippen LogP) is 4.19. The maximum Gasteiger partial charge on any atom is 0.137 e. The number of hydrogen-bond acceptors (Lipinski definition) is 3. The van der Waals surface area contributed by atoms with Crippen LogP contribution in [-0.2, 0) is 0 Å². The van der Waals surface area contributed by atoms with Crippen molar-refractivity contribution >= 4 is 17.4 Å². The van der Waals surface area contributed by atoms with Gasteiger partial charge in [0.05, 0.1) is 0 Å². The average Bonchev–Trinajstić information content (AvgIpc) is 2.41. The van der Waals surface area contributed by atoms with Crippen LogP contribution in [0.2, 0.25) is 5.15 Å². The van der Waals surface area contributed by atoms with E-state index in [2.05, 4.69) is 30.7 Å². The van der Waals surface area contributed by atoms with E-state index in [0.29, 0.717) is 11.1 Å². The van der Waals surface area contributed by atoms with Crippen molar-refractivity contribution < 1.29 is 0 Å². The third-order valence-electron chi connectivity index (χ3n) is 3.99. The molecule has 1 aliphatic rings. The Hall–Kier alpha value is -0.830. The molecule has 1 aromatic rings. The Balaban J connectivity index is 2.32. The molecule has 0 amide bonds. The van der Waals surface area contributed by atoms with Crippen molar-refractivity contribution in [3.05, 3.63) is 16.5 Å². The lowest BCUT2D eigenvalue weighted by atomic mass is 9.95. The van der Waals surface area contributed by atoms with E-state index in [1.54, 1.807) is 0 Å². The molecule has 19 heavy (non-hydrogen) atoms. The molecular weight excluding hydrogens is 258 g/mol. The summed E-state index contributed by atoms with van der Waals surface area (Å²) in [7, 11) is 0. The molecule has 0 N–H and O–H groups in total. The molecule has 1 saturated heterocycles. The minimum atomic E-state index is 0.309. The van der Waals surface area contributed by atoms with Crippen LogP contribution in [0.25, 0.3) is 0 Å². The first-order valence-electron chi connectivity index (χ1n) is 7.31. The van der Waals surface area contributed by atoms with Crippen molar-refractivity contribution in [2.45, 2.75) is 52.9 Å². The molecule has 1 aromatic heterocycles. The molecule has 1 fully saturated rings. The second kappa shape index (κ2) is 6.08. The Bertz CT molecular complexity index is 445. The maximum absolute atomic E-state index is 6.27. The summed E-state index contributed by atoms with van der Waals surface area (Å²) in [5.74, 6) is 2.99. The SMILES string of the molecule is CCC1CCCN(c2nc(C(C)C)nc(Cl)c2C)C1. The lowest BCUT2D eigenvalue weighted by molar-refractivity contribution is 0.402. The Morgan fingerprint density at radius 2 is 2.11 bits per heavy atom. The summed E-state index contributed by atoms with van der Waals surface area (Å²) in [5.41, 5.74) is 1.02. The van der Waals surface area contributed by atoms with Crippen LogP contribution < -0.4 is 4.90 Å². The van der Waals surface area contributed by atoms with Crippen molar-refractivity contribution in [1.82, 2.24) is 9.97 Å². The molecule has 2 rings (SSSR count). The molecule has 0 bridgehead atoms. The molecule has 1 unspecified atom stereocenters. The maximum atomic E-state index is 6.27. The van der Waals surface area contributed by atoms with Gasteiger partial charge in [-0.05, 0) is 25.7 Å². The van der Waals surface area contributed by atoms with Crippen molar-refractivity contribution in [1.29, 1.82) is 0 Å². The molecular formula is C15H24ClN3. The fourth-order valence-electron chi connectivity index (χ4n) is 2.65. The first-order chi connectivity index (χ1) is 9.02. The largest absolute Gasteiger partial charge is 0.356 e. The normalized spacial score (nSPS) is 20.1. The van der Waals surface area contributed by atoms with Crippen LogP contribution in [-0.4, -0.2) is 23.1 Å². The Labute approximate surface area is 121 Å². The first kappa shape index (κ1) is 14.6. The Morgan fingerprint density at radius 3 is 2.74 bits per heavy atom. The van der Waals surface area contributed by atoms with E-state index < -0.39 is 0 Å². The molecule has 2 heterocycles. The minimum absolute atomic E-state index is 0.309. The van der Waals surface area contributed by atoms with Gasteiger partial charge in [0.1, 0.15) is 16.8 Å². The highest BCUT2D eigenvalue weighted by molar-refractivity contribution is 6.30. The molecule has 106 valence electrons. The van der Waals surface area contributed by atoms with Crippen LogP contribution in [0.15, 0.2) is 0 Å². The second-order valence-corrected chi connectivity index (χ2v) is 6.20. The zero-order valence-corrected chi connectivity index (χ0v) is 13.2. The van der Waals surface area contributed by atoms with Gasteiger partial charge in [0, 0.05) is 24.6 Å². The zero-order chi connectivity index (χ0) is 14.0. The average molecular weight is 282 g/mol. The van der Waals surface area contributed by atoms with E-state index in [9.17, 15) is 0 Å². The number of halogens is 1. The molecule has 1 aliphatic heterocycles. The van der Waals surface area contributed by atoms with E-state index in [1.165, 1.54) is 19.3 Å². The summed E-state index contributed by atoms with van der Waals surface area (Å²) in [6.07, 6.45) is 3.82. The van der Waals surface area contributed by atoms with Crippen molar-refractivity contribution in [3.8, 4) is 0 Å². The molecule has 0 aromatic carbocycles. The van der Waals surface area contributed by atoms with Crippen molar-refractivity contribution in [2.24, 2.45) is 5.92 Å². The number of piperidine rings is 1. The van der Waals surface area contributed by atoms with Crippen LogP contribution >= 0.6 is 11.6 Å². The van der Waals surface area contributed by atoms with E-state index in [4.69, 9.17) is 16.6 Å². The number of aromatic nitrogens is 2. The van der Waals surface area contributed by atoms with Gasteiger partial charge in [0.15, 0.2) is 0 Å². The van der Waals surface area contributed by atoms with Gasteiger partial charge in [-0.15, -0.1) is 0 Å². The Kier molecular flexibility index (Phi) is 4.67. The first-order valence-corrected chi connectivity index (χ1v) is 7.69. The van der Waals surface area contributed by atoms with Crippen LogP contribution in [0.5, 0.6) is 0 Å². The summed E-state index contributed by atoms with van der Waals surface area (Å²) < 4.78 is 0. The quantitative estimate of drug-likeness (QED) is 0.778. The van der Waals surface area contributed by atoms with Gasteiger partial charge in [-0.25, -0.2) is 9.97 Å². The molecule has 0 aliphatic carbocycles. The number of hydrogen-bond donors (Lipinski definition) is 0. The van der Waals surface area contributed by atoms with Crippen molar-refractivity contribution in [2.75, 3.05) is 18.0 Å². The molecule has 0 spiro atoms. The molecule has 4 heteroatoms. The third-order valence-corrected chi connectivity index (χ3v) is 4.36. The van der Waals surface area contributed by atoms with Crippen LogP contribution in [0, 0.1) is 12.8 Å². The van der Waals surface area contributed by atoms with E-state index in [1.807, 2.05) is 6.92 Å². The van der Waals surface area contributed by atoms with Gasteiger partial charge in [-0.2, -0.15) is 0 Å². The number of anilines is 1. The van der Waals surface area contributed by atoms with E-state index >= 15 is 0 Å². The molecule has 0 radical (unpaired) electrons. The number of nitrogens with zero attached hydrogens (tertiary/aromatic N) is 3. The van der Waals surface area contributed by atoms with Crippen LogP contribution in [0.4, 0.5) is 5.82 Å². The summed E-state index contributed by atoms with van der Waals surface area (Å²) in [4.78, 5) is 11.5. The molecule has 3 nitrogen and oxygen atoms in total. The van der Waals surface area contributed by atoms with Crippen molar-refractivity contribution in [3.63, 3.8) is 0 Å². The Morgan fingerprint density at radius 1 is 1.37 bits per heavy atom. The topological polar surface area (TPSA) is 29.0 Å². The predicted molar refractivity (Wildman–Crippen MR) is 81.1 cm³/mol. The second-order valence-electron chi connectivity index (χ2n) is 5.84. The van der Waals surface area contributed by atoms with Gasteiger partial charge in [0.25, 0.3) is 0 Å². The molecule has 0 saturated carbocycles. The summed E-state index contributed by atoms with van der Waals surface area (Å²) in [6, 6.07) is 0. The summed E-state index contributed by atoms with van der Waals surface area (Å²) in [5, 5.41) is 0.604. The number of rotatable bonds is 3. The van der Waals surface area contributed by atoms with E-state index in [0.717, 1.165) is 36.2 Å². The van der Waals surface area contributed by atoms with Gasteiger partial charge in [-0.1, -0.05) is 38.8 Å². The molecule has 1 atom stereocenters. The lowest BCUT2D eigenvalue weighted by Gasteiger charge is -2.34. The minimum Gasteiger partial charge on any atom is -0.356 e. The third kappa shape index (κ3) is 3.19. The summed E-state index contributed by atoms with van der Waals surface area (Å²) in [6.45, 7) is 10.7. The fourth-order valence-corrected chi connectivity index (χ4v) is 2.82. The summed E-state index contributed by atoms with van der Waals surface area (Å²) >= 11 is 6.27. The lowest BCUT2D eigenvalue weighted by Crippen LogP contribution is -2.36. The smallest absolute Gasteiger partial charge is 0.137 e. The van der Waals surface area contributed by atoms with Crippen LogP contribution in [0.1, 0.15) is 57.3 Å². The highest BCUT2D eigenvalue weighted by Crippen LogP contribution is 2.29. The highest BCUT2D eigenvalue weighted by Gasteiger charge is 2.23. The van der Waals surface area contributed by atoms with Gasteiger partial charge >= 0.3 is 0 Å². The van der Waals surface area contributed by atoms with Gasteiger partial charge in [-0.3, -0.25) is 0 Å². The zero-order valence-electron chi connectivity index (χ0n) is 12.4. The van der Waals surface area contributed by atoms with Gasteiger partial charge < -0.3 is 4.90 Å². The van der Waals surface area contributed by atoms with Crippen LogP contribution in [0.3, 0.4) is 0 Å². The highest BCUT2D eigenvalue weighted by atomic mass is 35.5. The van der Waals surface area contributed by atoms with E-state index in [-0.39, 0.29) is 0 Å². The standard InChI is InChI=1S/C15H24ClN3/c1-5-12-7-6-8-19(9-12)15-11(4)13(16)17-14(18-15)10(2)3/h10,12H,5-9H2,1-4H3. The monoisotopic (exact) mass is 281 g/mol. The van der Waals surface area contributed by atoms with Gasteiger partial charge in [0.2, 0.25) is 0 Å². The fraction of sp³-hybridized carbons (Fsp3) is 0.733.